The van der Waals surface area contributed by atoms with Crippen molar-refractivity contribution in [1.29, 1.82) is 0 Å². The Morgan fingerprint density at radius 3 is 0.643 bits per heavy atom. The maximum absolute atomic E-state index is 3.21. The molecule has 0 saturated carbocycles. The Labute approximate surface area is 191 Å². The van der Waals surface area contributed by atoms with E-state index in [0.717, 1.165) is 0 Å². The molecule has 0 aliphatic rings. The van der Waals surface area contributed by atoms with Crippen molar-refractivity contribution in [2.24, 2.45) is 0 Å². The van der Waals surface area contributed by atoms with Gasteiger partial charge >= 0.3 is 0 Å². The van der Waals surface area contributed by atoms with Gasteiger partial charge in [0.05, 0.1) is 0 Å². The minimum absolute atomic E-state index is 0. The molecule has 0 atom stereocenters. The molecule has 0 amide bonds. The van der Waals surface area contributed by atoms with E-state index >= 15 is 0 Å². The fraction of sp³-hybridized carbons (Fsp3) is 0.333. The average Bonchev–Trinajstić information content (AvgIpc) is 2.43. The van der Waals surface area contributed by atoms with E-state index in [4.69, 9.17) is 0 Å². The second kappa shape index (κ2) is 12.8. The Kier molecular flexibility index (Phi) is 12.1. The van der Waals surface area contributed by atoms with Crippen LogP contribution in [0.5, 0.6) is 0 Å². The maximum atomic E-state index is 3.21. The van der Waals surface area contributed by atoms with Crippen molar-refractivity contribution in [3.63, 3.8) is 0 Å². The van der Waals surface area contributed by atoms with E-state index in [2.05, 4.69) is 117 Å². The van der Waals surface area contributed by atoms with Crippen LogP contribution in [-0.2, 0) is 0 Å². The predicted octanol–water partition coefficient (Wildman–Crippen LogP) is 7.10. The minimum Gasteiger partial charge on any atom is -0.0557 e. The van der Waals surface area contributed by atoms with Crippen LogP contribution in [-0.4, -0.2) is 23.9 Å². The molecule has 28 heavy (non-hydrogen) atoms. The van der Waals surface area contributed by atoms with Crippen molar-refractivity contribution in [1.82, 2.24) is 0 Å². The molecule has 0 saturated heterocycles. The summed E-state index contributed by atoms with van der Waals surface area (Å²) in [7, 11) is 0. The Bertz CT molecular complexity index is 613. The summed E-state index contributed by atoms with van der Waals surface area (Å²) in [5, 5.41) is 0. The number of aryl methyl sites for hydroxylation is 9. The Balaban J connectivity index is 0. The van der Waals surface area contributed by atoms with Crippen molar-refractivity contribution in [2.75, 3.05) is 0 Å². The van der Waals surface area contributed by atoms with Gasteiger partial charge in [0.25, 0.3) is 0 Å². The molecule has 0 spiro atoms. The van der Waals surface area contributed by atoms with E-state index in [9.17, 15) is 0 Å². The van der Waals surface area contributed by atoms with Gasteiger partial charge in [-0.2, -0.15) is 0 Å². The summed E-state index contributed by atoms with van der Waals surface area (Å²) < 4.78 is 0. The predicted molar refractivity (Wildman–Crippen MR) is 126 cm³/mol. The Hall–Kier alpha value is -1.54. The Morgan fingerprint density at radius 1 is 0.393 bits per heavy atom. The van der Waals surface area contributed by atoms with Crippen LogP contribution in [0.25, 0.3) is 0 Å². The molecule has 0 aromatic heterocycles. The number of rotatable bonds is 0. The zero-order chi connectivity index (χ0) is 20.6. The van der Waals surface area contributed by atoms with E-state index in [-0.39, 0.29) is 25.3 Å². The normalized spacial score (nSPS) is 9.32. The van der Waals surface area contributed by atoms with Gasteiger partial charge in [0.1, 0.15) is 0 Å². The van der Waals surface area contributed by atoms with Gasteiger partial charge in [0, 0.05) is 25.3 Å². The van der Waals surface area contributed by atoms with Gasteiger partial charge in [-0.1, -0.05) is 53.1 Å². The largest absolute Gasteiger partial charge is 0.0557 e. The van der Waals surface area contributed by atoms with Crippen LogP contribution in [0.1, 0.15) is 51.5 Å². The van der Waals surface area contributed by atoms with Crippen molar-refractivity contribution < 1.29 is 1.43 Å². The van der Waals surface area contributed by atoms with E-state index in [1.165, 1.54) is 50.1 Å². The van der Waals surface area contributed by atoms with Gasteiger partial charge in [-0.15, -0.1) is 0 Å². The molecule has 0 aliphatic carbocycles. The zero-order valence-electron chi connectivity index (χ0n) is 19.0. The molecule has 7 radical (unpaired) electrons. The molecular weight excluding hydrogens is 443 g/mol. The molecule has 3 aromatic rings. The topological polar surface area (TPSA) is 0 Å². The SMILES string of the molecule is Cc1[c]c(C)cc(C)c1.Cc1[c]c(C)cc(C)c1.Cc1[c]c(C)cc(C)c1.[HH].[Sn]. The van der Waals surface area contributed by atoms with Gasteiger partial charge in [-0.3, -0.25) is 0 Å². The molecule has 0 bridgehead atoms. The van der Waals surface area contributed by atoms with Gasteiger partial charge in [-0.05, 0) is 114 Å². The van der Waals surface area contributed by atoms with Gasteiger partial charge in [0.15, 0.2) is 0 Å². The Morgan fingerprint density at radius 2 is 0.536 bits per heavy atom. The fourth-order valence-electron chi connectivity index (χ4n) is 3.32. The first-order chi connectivity index (χ1) is 12.5. The fourth-order valence-corrected chi connectivity index (χ4v) is 3.32. The summed E-state index contributed by atoms with van der Waals surface area (Å²) in [4.78, 5) is 0. The smallest absolute Gasteiger partial charge is 0 e. The monoisotopic (exact) mass is 479 g/mol. The quantitative estimate of drug-likeness (QED) is 0.303. The van der Waals surface area contributed by atoms with Crippen LogP contribution < -0.4 is 0 Å². The van der Waals surface area contributed by atoms with Crippen LogP contribution in [0.4, 0.5) is 0 Å². The summed E-state index contributed by atoms with van der Waals surface area (Å²) in [5.41, 5.74) is 11.3. The first-order valence-electron chi connectivity index (χ1n) is 9.46. The van der Waals surface area contributed by atoms with Gasteiger partial charge in [-0.25, -0.2) is 0 Å². The third kappa shape index (κ3) is 11.3. The first-order valence-corrected chi connectivity index (χ1v) is 9.46. The molecular formula is C27H35Sn. The summed E-state index contributed by atoms with van der Waals surface area (Å²) in [6.07, 6.45) is 0. The third-order valence-electron chi connectivity index (χ3n) is 3.85. The van der Waals surface area contributed by atoms with Gasteiger partial charge in [0.2, 0.25) is 0 Å². The summed E-state index contributed by atoms with van der Waals surface area (Å²) in [5.74, 6) is 0. The molecule has 0 fully saturated rings. The van der Waals surface area contributed by atoms with Crippen LogP contribution >= 0.6 is 0 Å². The van der Waals surface area contributed by atoms with E-state index < -0.39 is 0 Å². The van der Waals surface area contributed by atoms with E-state index in [0.29, 0.717) is 0 Å². The van der Waals surface area contributed by atoms with Crippen molar-refractivity contribution in [2.45, 2.75) is 62.3 Å². The van der Waals surface area contributed by atoms with E-state index in [1.54, 1.807) is 0 Å². The summed E-state index contributed by atoms with van der Waals surface area (Å²) in [6, 6.07) is 22.4. The number of hydrogen-bond donors (Lipinski definition) is 0. The van der Waals surface area contributed by atoms with Crippen molar-refractivity contribution in [3.8, 4) is 0 Å². The average molecular weight is 478 g/mol. The zero-order valence-corrected chi connectivity index (χ0v) is 21.8. The third-order valence-corrected chi connectivity index (χ3v) is 3.85. The molecule has 3 rings (SSSR count). The molecule has 0 unspecified atom stereocenters. The van der Waals surface area contributed by atoms with Crippen molar-refractivity contribution in [3.05, 3.63) is 105 Å². The van der Waals surface area contributed by atoms with Gasteiger partial charge < -0.3 is 0 Å². The minimum atomic E-state index is 0. The summed E-state index contributed by atoms with van der Waals surface area (Å²) >= 11 is 0. The number of hydrogen-bond acceptors (Lipinski definition) is 0. The second-order valence-corrected chi connectivity index (χ2v) is 7.57. The molecule has 0 N–H and O–H groups in total. The van der Waals surface area contributed by atoms with Crippen LogP contribution in [0.3, 0.4) is 0 Å². The number of benzene rings is 3. The molecule has 0 heterocycles. The molecule has 1 heteroatoms. The summed E-state index contributed by atoms with van der Waals surface area (Å²) in [6.45, 7) is 18.7. The van der Waals surface area contributed by atoms with E-state index in [1.807, 2.05) is 0 Å². The molecule has 3 aromatic carbocycles. The van der Waals surface area contributed by atoms with Crippen LogP contribution in [0.2, 0.25) is 0 Å². The molecule has 147 valence electrons. The van der Waals surface area contributed by atoms with Crippen molar-refractivity contribution >= 4 is 23.9 Å². The standard InChI is InChI=1S/3C9H11.Sn.H2/c3*1-7-4-8(2)6-9(3)5-7;;/h3*4-5H,1-3H3;;1H. The van der Waals surface area contributed by atoms with Crippen LogP contribution in [0, 0.1) is 80.5 Å². The molecule has 0 nitrogen and oxygen atoms in total. The molecule has 0 aliphatic heterocycles. The van der Waals surface area contributed by atoms with Crippen LogP contribution in [0.15, 0.2) is 36.4 Å². The maximum Gasteiger partial charge on any atom is 0 e. The first kappa shape index (κ1) is 26.5. The second-order valence-electron chi connectivity index (χ2n) is 7.57.